The van der Waals surface area contributed by atoms with Crippen molar-refractivity contribution < 1.29 is 4.79 Å². The van der Waals surface area contributed by atoms with Gasteiger partial charge >= 0.3 is 0 Å². The van der Waals surface area contributed by atoms with Crippen LogP contribution in [0, 0.1) is 6.92 Å². The second-order valence-corrected chi connectivity index (χ2v) is 7.55. The molecule has 0 atom stereocenters. The Bertz CT molecular complexity index is 1010. The normalized spacial score (nSPS) is 11.1. The summed E-state index contributed by atoms with van der Waals surface area (Å²) in [6.07, 6.45) is 0.736. The summed E-state index contributed by atoms with van der Waals surface area (Å²) in [6.45, 7) is 4.82. The van der Waals surface area contributed by atoms with Gasteiger partial charge in [0.1, 0.15) is 5.52 Å². The van der Waals surface area contributed by atoms with E-state index >= 15 is 0 Å². The molecule has 2 heterocycles. The molecule has 27 heavy (non-hydrogen) atoms. The molecule has 0 aliphatic rings. The van der Waals surface area contributed by atoms with Crippen LogP contribution in [0.2, 0.25) is 5.02 Å². The molecule has 0 fully saturated rings. The van der Waals surface area contributed by atoms with E-state index in [0.717, 1.165) is 17.7 Å². The number of hydrogen-bond acceptors (Lipinski definition) is 4. The number of aryl methyl sites for hydroxylation is 1. The first-order valence-corrected chi connectivity index (χ1v) is 10.1. The first-order chi connectivity index (χ1) is 13.0. The number of amides is 1. The summed E-state index contributed by atoms with van der Waals surface area (Å²) >= 11 is 7.14. The standard InChI is InChI=1S/C19H21ClN4O2S/c1-3-24-18(26)17-15(10-12(2)22-17)23-19(24)27-11-16(25)21-9-8-13-4-6-14(20)7-5-13/h4-7,10,22H,3,8-9,11H2,1-2H3,(H,21,25). The lowest BCUT2D eigenvalue weighted by Gasteiger charge is -2.10. The maximum atomic E-state index is 12.6. The van der Waals surface area contributed by atoms with Gasteiger partial charge in [0.2, 0.25) is 5.91 Å². The molecule has 0 unspecified atom stereocenters. The molecule has 3 rings (SSSR count). The predicted octanol–water partition coefficient (Wildman–Crippen LogP) is 3.16. The zero-order valence-electron chi connectivity index (χ0n) is 15.2. The van der Waals surface area contributed by atoms with E-state index in [2.05, 4.69) is 15.3 Å². The van der Waals surface area contributed by atoms with E-state index in [1.807, 2.05) is 44.2 Å². The second kappa shape index (κ2) is 8.63. The van der Waals surface area contributed by atoms with Crippen molar-refractivity contribution in [2.24, 2.45) is 0 Å². The molecule has 2 N–H and O–H groups in total. The number of rotatable bonds is 7. The second-order valence-electron chi connectivity index (χ2n) is 6.17. The van der Waals surface area contributed by atoms with Crippen molar-refractivity contribution in [2.45, 2.75) is 32.0 Å². The minimum Gasteiger partial charge on any atom is -0.355 e. The van der Waals surface area contributed by atoms with Gasteiger partial charge in [-0.1, -0.05) is 35.5 Å². The SMILES string of the molecule is CCn1c(SCC(=O)NCCc2ccc(Cl)cc2)nc2cc(C)[nH]c2c1=O. The van der Waals surface area contributed by atoms with E-state index in [1.54, 1.807) is 4.57 Å². The lowest BCUT2D eigenvalue weighted by molar-refractivity contribution is -0.118. The Morgan fingerprint density at radius 1 is 1.33 bits per heavy atom. The van der Waals surface area contributed by atoms with Crippen molar-refractivity contribution in [3.8, 4) is 0 Å². The number of nitrogens with one attached hydrogen (secondary N) is 2. The molecule has 0 aliphatic carbocycles. The Hall–Kier alpha value is -2.25. The number of benzene rings is 1. The highest BCUT2D eigenvalue weighted by atomic mass is 35.5. The van der Waals surface area contributed by atoms with Crippen LogP contribution in [0.1, 0.15) is 18.2 Å². The molecule has 0 radical (unpaired) electrons. The maximum Gasteiger partial charge on any atom is 0.278 e. The summed E-state index contributed by atoms with van der Waals surface area (Å²) < 4.78 is 1.59. The topological polar surface area (TPSA) is 79.8 Å². The highest BCUT2D eigenvalue weighted by Crippen LogP contribution is 2.18. The molecule has 0 aliphatic heterocycles. The Kier molecular flexibility index (Phi) is 6.23. The van der Waals surface area contributed by atoms with Gasteiger partial charge in [-0.3, -0.25) is 14.2 Å². The van der Waals surface area contributed by atoms with Crippen LogP contribution in [0.5, 0.6) is 0 Å². The van der Waals surface area contributed by atoms with Gasteiger partial charge < -0.3 is 10.3 Å². The van der Waals surface area contributed by atoms with Crippen LogP contribution in [-0.4, -0.2) is 32.7 Å². The van der Waals surface area contributed by atoms with Crippen LogP contribution < -0.4 is 10.9 Å². The van der Waals surface area contributed by atoms with Gasteiger partial charge in [0, 0.05) is 23.8 Å². The minimum absolute atomic E-state index is 0.0868. The van der Waals surface area contributed by atoms with Crippen LogP contribution in [0.4, 0.5) is 0 Å². The first kappa shape index (κ1) is 19.5. The summed E-state index contributed by atoms with van der Waals surface area (Å²) in [4.78, 5) is 32.3. The first-order valence-electron chi connectivity index (χ1n) is 8.72. The smallest absolute Gasteiger partial charge is 0.278 e. The summed E-state index contributed by atoms with van der Waals surface area (Å²) in [5.74, 6) is 0.123. The number of carbonyl (C=O) groups excluding carboxylic acids is 1. The molecular weight excluding hydrogens is 384 g/mol. The summed E-state index contributed by atoms with van der Waals surface area (Å²) in [5.41, 5.74) is 3.03. The van der Waals surface area contributed by atoms with E-state index in [0.29, 0.717) is 34.3 Å². The third kappa shape index (κ3) is 4.73. The highest BCUT2D eigenvalue weighted by Gasteiger charge is 2.13. The predicted molar refractivity (Wildman–Crippen MR) is 110 cm³/mol. The zero-order valence-corrected chi connectivity index (χ0v) is 16.8. The fourth-order valence-corrected chi connectivity index (χ4v) is 3.80. The molecule has 0 saturated carbocycles. The number of H-pyrrole nitrogens is 1. The fourth-order valence-electron chi connectivity index (χ4n) is 2.78. The Morgan fingerprint density at radius 2 is 2.07 bits per heavy atom. The number of halogens is 1. The number of nitrogens with zero attached hydrogens (tertiary/aromatic N) is 2. The molecule has 6 nitrogen and oxygen atoms in total. The van der Waals surface area contributed by atoms with Crippen molar-refractivity contribution in [3.05, 3.63) is 57.0 Å². The average Bonchev–Trinajstić information content (AvgIpc) is 3.02. The summed E-state index contributed by atoms with van der Waals surface area (Å²) in [7, 11) is 0. The van der Waals surface area contributed by atoms with E-state index < -0.39 is 0 Å². The van der Waals surface area contributed by atoms with Gasteiger partial charge in [-0.25, -0.2) is 4.98 Å². The summed E-state index contributed by atoms with van der Waals surface area (Å²) in [6, 6.07) is 9.40. The van der Waals surface area contributed by atoms with Gasteiger partial charge in [-0.2, -0.15) is 0 Å². The van der Waals surface area contributed by atoms with Crippen molar-refractivity contribution in [3.63, 3.8) is 0 Å². The monoisotopic (exact) mass is 404 g/mol. The lowest BCUT2D eigenvalue weighted by atomic mass is 10.1. The van der Waals surface area contributed by atoms with Crippen LogP contribution in [0.3, 0.4) is 0 Å². The van der Waals surface area contributed by atoms with Crippen LogP contribution >= 0.6 is 23.4 Å². The summed E-state index contributed by atoms with van der Waals surface area (Å²) in [5, 5.41) is 4.15. The Morgan fingerprint density at radius 3 is 2.78 bits per heavy atom. The third-order valence-electron chi connectivity index (χ3n) is 4.14. The van der Waals surface area contributed by atoms with Crippen molar-refractivity contribution >= 4 is 40.3 Å². The number of thioether (sulfide) groups is 1. The maximum absolute atomic E-state index is 12.6. The third-order valence-corrected chi connectivity index (χ3v) is 5.36. The minimum atomic E-state index is -0.110. The quantitative estimate of drug-likeness (QED) is 0.468. The van der Waals surface area contributed by atoms with E-state index in [9.17, 15) is 9.59 Å². The fraction of sp³-hybridized carbons (Fsp3) is 0.316. The number of aromatic nitrogens is 3. The van der Waals surface area contributed by atoms with Crippen molar-refractivity contribution in [2.75, 3.05) is 12.3 Å². The number of hydrogen-bond donors (Lipinski definition) is 2. The molecule has 2 aromatic heterocycles. The van der Waals surface area contributed by atoms with Crippen LogP contribution in [0.15, 0.2) is 40.3 Å². The van der Waals surface area contributed by atoms with Crippen LogP contribution in [-0.2, 0) is 17.8 Å². The molecule has 1 amide bonds. The van der Waals surface area contributed by atoms with Crippen LogP contribution in [0.25, 0.3) is 11.0 Å². The largest absolute Gasteiger partial charge is 0.355 e. The van der Waals surface area contributed by atoms with Gasteiger partial charge in [0.15, 0.2) is 5.16 Å². The lowest BCUT2D eigenvalue weighted by Crippen LogP contribution is -2.28. The van der Waals surface area contributed by atoms with Gasteiger partial charge in [0.05, 0.1) is 11.3 Å². The molecule has 142 valence electrons. The van der Waals surface area contributed by atoms with E-state index in [4.69, 9.17) is 11.6 Å². The van der Waals surface area contributed by atoms with Crippen molar-refractivity contribution in [1.82, 2.24) is 19.9 Å². The number of aromatic amines is 1. The zero-order chi connectivity index (χ0) is 19.4. The molecule has 0 spiro atoms. The van der Waals surface area contributed by atoms with E-state index in [-0.39, 0.29) is 17.2 Å². The van der Waals surface area contributed by atoms with Gasteiger partial charge in [-0.05, 0) is 44.0 Å². The van der Waals surface area contributed by atoms with Crippen molar-refractivity contribution in [1.29, 1.82) is 0 Å². The van der Waals surface area contributed by atoms with E-state index in [1.165, 1.54) is 11.8 Å². The highest BCUT2D eigenvalue weighted by molar-refractivity contribution is 7.99. The Labute approximate surface area is 166 Å². The number of fused-ring (bicyclic) bond motifs is 1. The Balaban J connectivity index is 1.59. The molecule has 3 aromatic rings. The van der Waals surface area contributed by atoms with Gasteiger partial charge in [-0.15, -0.1) is 0 Å². The number of carbonyl (C=O) groups is 1. The van der Waals surface area contributed by atoms with Gasteiger partial charge in [0.25, 0.3) is 5.56 Å². The molecule has 0 bridgehead atoms. The molecule has 8 heteroatoms. The molecular formula is C19H21ClN4O2S. The molecule has 0 saturated heterocycles. The average molecular weight is 405 g/mol. The molecule has 1 aromatic carbocycles.